The maximum atomic E-state index is 10.4. The SMILES string of the molecule is COc1c(C)cc(C2(N=C=O)CC2)cc1Br. The quantitative estimate of drug-likeness (QED) is 0.631. The number of nitrogens with zero attached hydrogens (tertiary/aromatic N) is 1. The van der Waals surface area contributed by atoms with Crippen LogP contribution in [0.5, 0.6) is 5.75 Å². The highest BCUT2D eigenvalue weighted by Crippen LogP contribution is 2.50. The highest BCUT2D eigenvalue weighted by molar-refractivity contribution is 9.10. The number of aryl methyl sites for hydroxylation is 1. The normalized spacial score (nSPS) is 16.4. The number of hydrogen-bond donors (Lipinski definition) is 0. The second-order valence-electron chi connectivity index (χ2n) is 4.04. The molecule has 0 bridgehead atoms. The molecular weight excluding hydrogens is 270 g/mol. The van der Waals surface area contributed by atoms with Gasteiger partial charge in [-0.05, 0) is 59.0 Å². The van der Waals surface area contributed by atoms with Crippen molar-refractivity contribution in [2.75, 3.05) is 7.11 Å². The maximum absolute atomic E-state index is 10.4. The van der Waals surface area contributed by atoms with Crippen LogP contribution in [0.3, 0.4) is 0 Å². The van der Waals surface area contributed by atoms with Gasteiger partial charge in [0.1, 0.15) is 5.75 Å². The third-order valence-electron chi connectivity index (χ3n) is 2.95. The molecule has 0 amide bonds. The van der Waals surface area contributed by atoms with E-state index in [9.17, 15) is 4.79 Å². The van der Waals surface area contributed by atoms with Gasteiger partial charge in [-0.15, -0.1) is 0 Å². The summed E-state index contributed by atoms with van der Waals surface area (Å²) >= 11 is 3.46. The van der Waals surface area contributed by atoms with Gasteiger partial charge in [0, 0.05) is 0 Å². The Bertz CT molecular complexity index is 451. The van der Waals surface area contributed by atoms with Crippen LogP contribution in [0.4, 0.5) is 0 Å². The maximum Gasteiger partial charge on any atom is 0.235 e. The van der Waals surface area contributed by atoms with E-state index < -0.39 is 0 Å². The molecule has 1 aromatic carbocycles. The molecule has 1 aliphatic carbocycles. The molecule has 1 fully saturated rings. The molecule has 0 saturated heterocycles. The molecule has 0 aromatic heterocycles. The molecule has 0 radical (unpaired) electrons. The Balaban J connectivity index is 2.48. The molecule has 0 N–H and O–H groups in total. The molecule has 0 atom stereocenters. The first-order chi connectivity index (χ1) is 7.63. The Kier molecular flexibility index (Phi) is 2.87. The average Bonchev–Trinajstić information content (AvgIpc) is 2.99. The number of isocyanates is 1. The lowest BCUT2D eigenvalue weighted by Crippen LogP contribution is -2.03. The molecular formula is C12H12BrNO2. The highest BCUT2D eigenvalue weighted by Gasteiger charge is 2.45. The van der Waals surface area contributed by atoms with Crippen LogP contribution in [-0.4, -0.2) is 13.2 Å². The topological polar surface area (TPSA) is 38.7 Å². The van der Waals surface area contributed by atoms with Crippen LogP contribution in [-0.2, 0) is 10.3 Å². The van der Waals surface area contributed by atoms with Gasteiger partial charge in [0.25, 0.3) is 0 Å². The van der Waals surface area contributed by atoms with Gasteiger partial charge in [0.15, 0.2) is 0 Å². The Labute approximate surface area is 103 Å². The summed E-state index contributed by atoms with van der Waals surface area (Å²) < 4.78 is 6.17. The molecule has 3 nitrogen and oxygen atoms in total. The number of aliphatic imine (C=N–C) groups is 1. The molecule has 2 rings (SSSR count). The molecule has 84 valence electrons. The van der Waals surface area contributed by atoms with Crippen molar-refractivity contribution < 1.29 is 9.53 Å². The van der Waals surface area contributed by atoms with E-state index in [0.717, 1.165) is 34.2 Å². The predicted octanol–water partition coefficient (Wildman–Crippen LogP) is 3.09. The third kappa shape index (κ3) is 1.79. The first kappa shape index (κ1) is 11.4. The van der Waals surface area contributed by atoms with Gasteiger partial charge < -0.3 is 4.74 Å². The lowest BCUT2D eigenvalue weighted by Gasteiger charge is -2.13. The van der Waals surface area contributed by atoms with Crippen LogP contribution < -0.4 is 4.74 Å². The van der Waals surface area contributed by atoms with Crippen LogP contribution in [0.25, 0.3) is 0 Å². The van der Waals surface area contributed by atoms with Crippen molar-refractivity contribution >= 4 is 22.0 Å². The van der Waals surface area contributed by atoms with E-state index in [1.54, 1.807) is 13.2 Å². The first-order valence-electron chi connectivity index (χ1n) is 5.06. The van der Waals surface area contributed by atoms with Gasteiger partial charge in [0.05, 0.1) is 17.1 Å². The summed E-state index contributed by atoms with van der Waals surface area (Å²) in [4.78, 5) is 14.3. The molecule has 0 aliphatic heterocycles. The number of methoxy groups -OCH3 is 1. The summed E-state index contributed by atoms with van der Waals surface area (Å²) in [6.07, 6.45) is 3.50. The van der Waals surface area contributed by atoms with Crippen LogP contribution in [0.2, 0.25) is 0 Å². The Morgan fingerprint density at radius 2 is 2.19 bits per heavy atom. The highest BCUT2D eigenvalue weighted by atomic mass is 79.9. The van der Waals surface area contributed by atoms with Gasteiger partial charge in [0.2, 0.25) is 6.08 Å². The zero-order valence-electron chi connectivity index (χ0n) is 9.21. The minimum Gasteiger partial charge on any atom is -0.495 e. The van der Waals surface area contributed by atoms with Gasteiger partial charge in [-0.25, -0.2) is 4.79 Å². The summed E-state index contributed by atoms with van der Waals surface area (Å²) in [5, 5.41) is 0. The van der Waals surface area contributed by atoms with Crippen LogP contribution in [0.15, 0.2) is 21.6 Å². The standard InChI is InChI=1S/C12H12BrNO2/c1-8-5-9(6-10(13)11(8)16-2)12(3-4-12)14-7-15/h5-6H,3-4H2,1-2H3. The van der Waals surface area contributed by atoms with E-state index in [1.807, 2.05) is 19.1 Å². The average molecular weight is 282 g/mol. The Morgan fingerprint density at radius 3 is 2.62 bits per heavy atom. The third-order valence-corrected chi connectivity index (χ3v) is 3.54. The van der Waals surface area contributed by atoms with E-state index in [-0.39, 0.29) is 5.54 Å². The fraction of sp³-hybridized carbons (Fsp3) is 0.417. The van der Waals surface area contributed by atoms with Crippen LogP contribution in [0, 0.1) is 6.92 Å². The smallest absolute Gasteiger partial charge is 0.235 e. The molecule has 1 saturated carbocycles. The van der Waals surface area contributed by atoms with Gasteiger partial charge in [-0.3, -0.25) is 0 Å². The van der Waals surface area contributed by atoms with E-state index in [4.69, 9.17) is 4.74 Å². The largest absolute Gasteiger partial charge is 0.495 e. The fourth-order valence-electron chi connectivity index (χ4n) is 1.93. The second kappa shape index (κ2) is 4.04. The van der Waals surface area contributed by atoms with Crippen molar-refractivity contribution in [3.8, 4) is 5.75 Å². The summed E-state index contributed by atoms with van der Waals surface area (Å²) in [5.41, 5.74) is 1.78. The van der Waals surface area contributed by atoms with Gasteiger partial charge in [-0.1, -0.05) is 0 Å². The zero-order chi connectivity index (χ0) is 11.8. The molecule has 1 aliphatic rings. The molecule has 0 spiro atoms. The second-order valence-corrected chi connectivity index (χ2v) is 4.90. The van der Waals surface area contributed by atoms with Crippen molar-refractivity contribution in [2.24, 2.45) is 4.99 Å². The number of benzene rings is 1. The van der Waals surface area contributed by atoms with Crippen molar-refractivity contribution in [3.63, 3.8) is 0 Å². The summed E-state index contributed by atoms with van der Waals surface area (Å²) in [6.45, 7) is 1.98. The minimum atomic E-state index is -0.318. The van der Waals surface area contributed by atoms with Crippen molar-refractivity contribution in [1.82, 2.24) is 0 Å². The molecule has 16 heavy (non-hydrogen) atoms. The Hall–Kier alpha value is -1.12. The zero-order valence-corrected chi connectivity index (χ0v) is 10.8. The summed E-state index contributed by atoms with van der Waals surface area (Å²) in [7, 11) is 1.64. The van der Waals surface area contributed by atoms with E-state index in [0.29, 0.717) is 0 Å². The number of ether oxygens (including phenoxy) is 1. The number of hydrogen-bond acceptors (Lipinski definition) is 3. The fourth-order valence-corrected chi connectivity index (χ4v) is 2.65. The summed E-state index contributed by atoms with van der Waals surface area (Å²) in [5.74, 6) is 0.828. The van der Waals surface area contributed by atoms with E-state index >= 15 is 0 Å². The summed E-state index contributed by atoms with van der Waals surface area (Å²) in [6, 6.07) is 4.00. The minimum absolute atomic E-state index is 0.318. The lowest BCUT2D eigenvalue weighted by molar-refractivity contribution is 0.408. The Morgan fingerprint density at radius 1 is 1.50 bits per heavy atom. The monoisotopic (exact) mass is 281 g/mol. The van der Waals surface area contributed by atoms with E-state index in [1.165, 1.54) is 0 Å². The van der Waals surface area contributed by atoms with Gasteiger partial charge >= 0.3 is 0 Å². The number of halogens is 1. The van der Waals surface area contributed by atoms with Crippen molar-refractivity contribution in [1.29, 1.82) is 0 Å². The van der Waals surface area contributed by atoms with Crippen molar-refractivity contribution in [3.05, 3.63) is 27.7 Å². The first-order valence-corrected chi connectivity index (χ1v) is 5.86. The molecule has 1 aromatic rings. The molecule has 0 unspecified atom stereocenters. The number of rotatable bonds is 3. The van der Waals surface area contributed by atoms with Crippen LogP contribution >= 0.6 is 15.9 Å². The number of carbonyl (C=O) groups excluding carboxylic acids is 1. The van der Waals surface area contributed by atoms with Crippen molar-refractivity contribution in [2.45, 2.75) is 25.3 Å². The molecule has 0 heterocycles. The molecule has 4 heteroatoms. The predicted molar refractivity (Wildman–Crippen MR) is 64.5 cm³/mol. The van der Waals surface area contributed by atoms with E-state index in [2.05, 4.69) is 20.9 Å². The lowest BCUT2D eigenvalue weighted by atomic mass is 10.0. The van der Waals surface area contributed by atoms with Crippen LogP contribution in [0.1, 0.15) is 24.0 Å². The van der Waals surface area contributed by atoms with Gasteiger partial charge in [-0.2, -0.15) is 4.99 Å².